The first kappa shape index (κ1) is 20.8. The molecular weight excluding hydrogens is 437 g/mol. The van der Waals surface area contributed by atoms with E-state index in [2.05, 4.69) is 30.2 Å². The summed E-state index contributed by atoms with van der Waals surface area (Å²) in [5.74, 6) is 0.614. The minimum absolute atomic E-state index is 0.00904. The molecule has 0 aliphatic carbocycles. The third-order valence-electron chi connectivity index (χ3n) is 4.30. The Morgan fingerprint density at radius 1 is 1.13 bits per heavy atom. The summed E-state index contributed by atoms with van der Waals surface area (Å²) >= 11 is 5.75. The molecule has 160 valence electrons. The van der Waals surface area contributed by atoms with Crippen molar-refractivity contribution in [1.29, 1.82) is 0 Å². The SMILES string of the molecule is COc1cnc(-c2ncccn2)c(C(C)Nc2nc3cc(C(F)(F)F)c(Cl)cc3o2)n1. The molecule has 0 bridgehead atoms. The van der Waals surface area contributed by atoms with Crippen molar-refractivity contribution in [2.45, 2.75) is 19.1 Å². The summed E-state index contributed by atoms with van der Waals surface area (Å²) < 4.78 is 50.0. The number of ether oxygens (including phenoxy) is 1. The number of fused-ring (bicyclic) bond motifs is 1. The highest BCUT2D eigenvalue weighted by Crippen LogP contribution is 2.38. The average Bonchev–Trinajstić information content (AvgIpc) is 3.13. The van der Waals surface area contributed by atoms with Gasteiger partial charge in [0.1, 0.15) is 11.2 Å². The highest BCUT2D eigenvalue weighted by Gasteiger charge is 2.34. The van der Waals surface area contributed by atoms with E-state index in [1.54, 1.807) is 25.4 Å². The topological polar surface area (TPSA) is 98.9 Å². The molecule has 31 heavy (non-hydrogen) atoms. The lowest BCUT2D eigenvalue weighted by Crippen LogP contribution is -2.12. The Balaban J connectivity index is 1.70. The number of methoxy groups -OCH3 is 1. The van der Waals surface area contributed by atoms with E-state index in [9.17, 15) is 13.2 Å². The molecule has 4 rings (SSSR count). The van der Waals surface area contributed by atoms with Crippen molar-refractivity contribution in [2.75, 3.05) is 12.4 Å². The Morgan fingerprint density at radius 2 is 1.87 bits per heavy atom. The molecule has 0 saturated heterocycles. The van der Waals surface area contributed by atoms with E-state index < -0.39 is 22.8 Å². The second-order valence-corrected chi connectivity index (χ2v) is 6.81. The Hall–Kier alpha value is -3.47. The number of halogens is 4. The van der Waals surface area contributed by atoms with Gasteiger partial charge in [-0.2, -0.15) is 18.2 Å². The maximum atomic E-state index is 13.1. The van der Waals surface area contributed by atoms with Crippen LogP contribution >= 0.6 is 11.6 Å². The monoisotopic (exact) mass is 450 g/mol. The second-order valence-electron chi connectivity index (χ2n) is 6.40. The highest BCUT2D eigenvalue weighted by molar-refractivity contribution is 6.32. The van der Waals surface area contributed by atoms with Gasteiger partial charge in [-0.3, -0.25) is 0 Å². The minimum atomic E-state index is -4.61. The Labute approximate surface area is 178 Å². The summed E-state index contributed by atoms with van der Waals surface area (Å²) in [6.07, 6.45) is -0.0360. The van der Waals surface area contributed by atoms with E-state index in [4.69, 9.17) is 20.8 Å². The molecule has 0 spiro atoms. The van der Waals surface area contributed by atoms with Gasteiger partial charge in [0.25, 0.3) is 6.01 Å². The Bertz CT molecular complexity index is 1230. The van der Waals surface area contributed by atoms with Gasteiger partial charge in [-0.1, -0.05) is 11.6 Å². The van der Waals surface area contributed by atoms with Crippen molar-refractivity contribution in [1.82, 2.24) is 24.9 Å². The van der Waals surface area contributed by atoms with Crippen molar-refractivity contribution in [3.8, 4) is 17.4 Å². The van der Waals surface area contributed by atoms with Crippen LogP contribution in [0.3, 0.4) is 0 Å². The number of benzene rings is 1. The zero-order chi connectivity index (χ0) is 22.2. The summed E-state index contributed by atoms with van der Waals surface area (Å²) in [5.41, 5.74) is -0.0377. The maximum Gasteiger partial charge on any atom is 0.417 e. The van der Waals surface area contributed by atoms with Crippen LogP contribution in [0.15, 0.2) is 41.2 Å². The molecule has 12 heteroatoms. The fourth-order valence-corrected chi connectivity index (χ4v) is 3.12. The lowest BCUT2D eigenvalue weighted by atomic mass is 10.1. The fourth-order valence-electron chi connectivity index (χ4n) is 2.86. The molecular formula is C19H14ClF3N6O2. The zero-order valence-corrected chi connectivity index (χ0v) is 16.9. The van der Waals surface area contributed by atoms with Crippen LogP contribution in [0.1, 0.15) is 24.2 Å². The molecule has 1 aromatic carbocycles. The van der Waals surface area contributed by atoms with E-state index in [0.717, 1.165) is 12.1 Å². The van der Waals surface area contributed by atoms with Crippen LogP contribution in [-0.4, -0.2) is 32.0 Å². The molecule has 0 saturated carbocycles. The third-order valence-corrected chi connectivity index (χ3v) is 4.61. The number of oxazole rings is 1. The first-order chi connectivity index (χ1) is 14.8. The largest absolute Gasteiger partial charge is 0.480 e. The molecule has 0 amide bonds. The number of aromatic nitrogens is 5. The van der Waals surface area contributed by atoms with Crippen LogP contribution in [0.25, 0.3) is 22.6 Å². The summed E-state index contributed by atoms with van der Waals surface area (Å²) in [6.45, 7) is 1.75. The summed E-state index contributed by atoms with van der Waals surface area (Å²) in [6, 6.07) is 3.04. The van der Waals surface area contributed by atoms with E-state index in [1.807, 2.05) is 0 Å². The third kappa shape index (κ3) is 4.22. The van der Waals surface area contributed by atoms with Crippen molar-refractivity contribution >= 4 is 28.7 Å². The fraction of sp³-hybridized carbons (Fsp3) is 0.211. The normalized spacial score (nSPS) is 12.7. The predicted molar refractivity (Wildman–Crippen MR) is 106 cm³/mol. The maximum absolute atomic E-state index is 13.1. The van der Waals surface area contributed by atoms with Crippen molar-refractivity contribution in [2.24, 2.45) is 0 Å². The number of alkyl halides is 3. The van der Waals surface area contributed by atoms with Gasteiger partial charge in [-0.15, -0.1) is 0 Å². The molecule has 3 aromatic heterocycles. The van der Waals surface area contributed by atoms with Gasteiger partial charge >= 0.3 is 6.18 Å². The number of nitrogens with zero attached hydrogens (tertiary/aromatic N) is 5. The molecule has 1 N–H and O–H groups in total. The molecule has 0 fully saturated rings. The lowest BCUT2D eigenvalue weighted by molar-refractivity contribution is -0.137. The van der Waals surface area contributed by atoms with Gasteiger partial charge in [0, 0.05) is 18.5 Å². The highest BCUT2D eigenvalue weighted by atomic mass is 35.5. The predicted octanol–water partition coefficient (Wildman–Crippen LogP) is 4.93. The zero-order valence-electron chi connectivity index (χ0n) is 16.1. The Kier molecular flexibility index (Phi) is 5.36. The molecule has 0 aliphatic heterocycles. The molecule has 8 nitrogen and oxygen atoms in total. The van der Waals surface area contributed by atoms with Gasteiger partial charge in [0.05, 0.1) is 35.6 Å². The molecule has 1 unspecified atom stereocenters. The number of anilines is 1. The van der Waals surface area contributed by atoms with Crippen LogP contribution in [0, 0.1) is 0 Å². The van der Waals surface area contributed by atoms with Gasteiger partial charge in [0.15, 0.2) is 11.4 Å². The number of rotatable bonds is 5. The second kappa shape index (κ2) is 7.99. The van der Waals surface area contributed by atoms with E-state index in [0.29, 0.717) is 17.2 Å². The Morgan fingerprint density at radius 3 is 2.55 bits per heavy atom. The molecule has 1 atom stereocenters. The summed E-state index contributed by atoms with van der Waals surface area (Å²) in [7, 11) is 1.45. The quantitative estimate of drug-likeness (QED) is 0.457. The van der Waals surface area contributed by atoms with Crippen LogP contribution in [-0.2, 0) is 6.18 Å². The average molecular weight is 451 g/mol. The minimum Gasteiger partial charge on any atom is -0.480 e. The molecule has 3 heterocycles. The smallest absolute Gasteiger partial charge is 0.417 e. The standard InChI is InChI=1S/C19H14ClF3N6O2/c1-9(15-16(17-24-4-3-5-25-17)26-8-14(29-15)30-2)27-18-28-12-6-10(19(21,22)23)11(20)7-13(12)31-18/h3-9H,1-2H3,(H,27,28). The van der Waals surface area contributed by atoms with E-state index in [1.165, 1.54) is 13.3 Å². The van der Waals surface area contributed by atoms with Crippen molar-refractivity contribution < 1.29 is 22.3 Å². The summed E-state index contributed by atoms with van der Waals surface area (Å²) in [4.78, 5) is 21.2. The molecule has 0 aliphatic rings. The number of hydrogen-bond acceptors (Lipinski definition) is 8. The van der Waals surface area contributed by atoms with Crippen LogP contribution in [0.5, 0.6) is 5.88 Å². The molecule has 0 radical (unpaired) electrons. The van der Waals surface area contributed by atoms with Crippen molar-refractivity contribution in [3.05, 3.63) is 53.1 Å². The van der Waals surface area contributed by atoms with Crippen LogP contribution in [0.4, 0.5) is 19.2 Å². The summed E-state index contributed by atoms with van der Waals surface area (Å²) in [5, 5.41) is 2.50. The van der Waals surface area contributed by atoms with Crippen LogP contribution in [0.2, 0.25) is 5.02 Å². The number of hydrogen-bond donors (Lipinski definition) is 1. The first-order valence-corrected chi connectivity index (χ1v) is 9.26. The first-order valence-electron chi connectivity index (χ1n) is 8.88. The van der Waals surface area contributed by atoms with Gasteiger partial charge in [-0.05, 0) is 19.1 Å². The van der Waals surface area contributed by atoms with Gasteiger partial charge in [-0.25, -0.2) is 19.9 Å². The van der Waals surface area contributed by atoms with Crippen LogP contribution < -0.4 is 10.1 Å². The lowest BCUT2D eigenvalue weighted by Gasteiger charge is -2.15. The van der Waals surface area contributed by atoms with E-state index >= 15 is 0 Å². The number of nitrogens with one attached hydrogen (secondary N) is 1. The van der Waals surface area contributed by atoms with E-state index in [-0.39, 0.29) is 23.0 Å². The van der Waals surface area contributed by atoms with Crippen molar-refractivity contribution in [3.63, 3.8) is 0 Å². The molecule has 4 aromatic rings. The van der Waals surface area contributed by atoms with Gasteiger partial charge in [0.2, 0.25) is 5.88 Å². The van der Waals surface area contributed by atoms with Gasteiger partial charge < -0.3 is 14.5 Å².